The van der Waals surface area contributed by atoms with Crippen LogP contribution in [0.2, 0.25) is 0 Å². The van der Waals surface area contributed by atoms with E-state index < -0.39 is 127 Å². The maximum Gasteiger partial charge on any atom is 0.330 e. The summed E-state index contributed by atoms with van der Waals surface area (Å²) in [5.74, 6) is -14.1. The largest absolute Gasteiger partial charge is 0.350 e. The molecule has 5 aromatic heterocycles. The van der Waals surface area contributed by atoms with E-state index in [4.69, 9.17) is 9.26 Å². The van der Waals surface area contributed by atoms with E-state index in [0.29, 0.717) is 25.7 Å². The van der Waals surface area contributed by atoms with Crippen molar-refractivity contribution in [3.8, 4) is 0 Å². The molecule has 6 rings (SSSR count). The maximum atomic E-state index is 13.2. The van der Waals surface area contributed by atoms with Gasteiger partial charge in [0.05, 0.1) is 31.4 Å². The third-order valence-corrected chi connectivity index (χ3v) is 18.0. The van der Waals surface area contributed by atoms with E-state index in [-0.39, 0.29) is 162 Å². The van der Waals surface area contributed by atoms with Gasteiger partial charge in [0.25, 0.3) is 5.56 Å². The zero-order chi connectivity index (χ0) is 81.2. The Kier molecular flexibility index (Phi) is 38.1. The fraction of sp³-hybridized carbons (Fsp3) is 0.531. The van der Waals surface area contributed by atoms with Crippen molar-refractivity contribution >= 4 is 90.3 Å². The van der Waals surface area contributed by atoms with E-state index in [9.17, 15) is 86.2 Å². The minimum atomic E-state index is -4.20. The summed E-state index contributed by atoms with van der Waals surface area (Å²) in [5.41, 5.74) is 1.57. The first-order valence-corrected chi connectivity index (χ1v) is 37.5. The van der Waals surface area contributed by atoms with E-state index in [2.05, 4.69) is 119 Å². The average molecular weight is 1590 g/mol. The van der Waals surface area contributed by atoms with Gasteiger partial charge in [-0.3, -0.25) is 101 Å². The molecule has 47 nitrogen and oxygen atoms in total. The van der Waals surface area contributed by atoms with Gasteiger partial charge >= 0.3 is 96.0 Å². The number of hydrogen-bond acceptors (Lipinski definition) is 26. The summed E-state index contributed by atoms with van der Waals surface area (Å²) in [7, 11) is -4.20. The average Bonchev–Trinajstić information content (AvgIpc) is 1.64. The Morgan fingerprint density at radius 3 is 0.929 bits per heavy atom. The Balaban J connectivity index is 1.02. The van der Waals surface area contributed by atoms with E-state index in [0.717, 1.165) is 27.3 Å². The lowest BCUT2D eigenvalue weighted by atomic mass is 10.2. The number of nitrogens with one attached hydrogen (secondary N) is 19. The predicted octanol–water partition coefficient (Wildman–Crippen LogP) is -10.9. The Morgan fingerprint density at radius 2 is 0.688 bits per heavy atom. The molecule has 0 bridgehead atoms. The van der Waals surface area contributed by atoms with Crippen LogP contribution in [-0.2, 0) is 107 Å². The SMILES string of the molecule is CCP(=O)(O)OC1C[C@H](n2cc(C)c(=O)[nH]c2=O)O[C@@H]1CNC(=O)C(=O)NCCN(CCNC(=O)C(=O)NCCN(CCNC(=O)C(=O)NCCc1cnc[nH]1)CCNC(=O)C(=O)NCCc1cnc[nH]1)CCNC(=O)C(=O)NCCN(CCNC(=O)C(=O)NCCc1cnc[nH]1)CCNC(=O)C(=O)NCCc1cnc[nH]1. The number of carbonyl (C=O) groups excluding carboxylic acids is 14. The van der Waals surface area contributed by atoms with Crippen LogP contribution in [-0.4, -0.2) is 321 Å². The van der Waals surface area contributed by atoms with Gasteiger partial charge in [-0.15, -0.1) is 0 Å². The molecule has 612 valence electrons. The fourth-order valence-corrected chi connectivity index (χ4v) is 11.2. The predicted molar refractivity (Wildman–Crippen MR) is 390 cm³/mol. The summed E-state index contributed by atoms with van der Waals surface area (Å²) in [4.78, 5) is 249. The van der Waals surface area contributed by atoms with Crippen molar-refractivity contribution in [2.45, 2.75) is 64.4 Å². The highest BCUT2D eigenvalue weighted by Gasteiger charge is 2.41. The number of amides is 14. The van der Waals surface area contributed by atoms with Gasteiger partial charge < -0.3 is 109 Å². The van der Waals surface area contributed by atoms with E-state index in [1.807, 2.05) is 0 Å². The molecule has 0 aromatic carbocycles. The standard InChI is InChI=1S/C64H96N27O20P/c1-3-112(108,109)111-46-30-48(91-36-41(2)49(92)87-64(91)107)110-47(46)35-82-63(106)62(105)81-20-29-90(27-18-79-60(103)58(101)77-16-25-88(21-12-73-54(97)50(93)69-8-4-42-31-65-37-83-42)22-13-74-55(98)51(94)70-9-5-43-32-66-38-84-43)28-19-80-61(104)59(102)78-17-26-89(23-14-75-56(99)52(95)71-10-6-44-33-67-39-85-44)24-15-76-57(100)53(96)72-11-7-45-34-68-40-86-45/h31-34,36-40,46-48H,3-30,35H2,1-2H3,(H,65,83)(H,66,84)(H,67,85)(H,68,86)(H,69,93)(H,70,94)(H,71,95)(H,72,96)(H,73,97)(H,74,98)(H,75,99)(H,76,100)(H,77,101)(H,78,102)(H,79,103)(H,80,104)(H,81,105)(H,82,106)(H,108,109)(H,87,92,107)/t46?,47-,48-/m1/s1. The first-order valence-electron chi connectivity index (χ1n) is 35.7. The lowest BCUT2D eigenvalue weighted by Gasteiger charge is -2.24. The molecule has 20 N–H and O–H groups in total. The normalized spacial score (nSPS) is 14.2. The van der Waals surface area contributed by atoms with Crippen LogP contribution in [0.4, 0.5) is 0 Å². The van der Waals surface area contributed by atoms with Crippen LogP contribution >= 0.6 is 7.60 Å². The summed E-state index contributed by atoms with van der Waals surface area (Å²) in [6.07, 6.45) is 10.9. The molecule has 112 heavy (non-hydrogen) atoms. The van der Waals surface area contributed by atoms with Gasteiger partial charge in [-0.2, -0.15) is 0 Å². The monoisotopic (exact) mass is 1590 g/mol. The van der Waals surface area contributed by atoms with Crippen LogP contribution in [0.1, 0.15) is 47.9 Å². The first-order chi connectivity index (χ1) is 53.8. The number of carbonyl (C=O) groups is 14. The second-order valence-electron chi connectivity index (χ2n) is 24.8. The molecule has 2 unspecified atom stereocenters. The summed E-state index contributed by atoms with van der Waals surface area (Å²) >= 11 is 0. The second kappa shape index (κ2) is 47.9. The fourth-order valence-electron chi connectivity index (χ4n) is 10.5. The minimum Gasteiger partial charge on any atom is -0.350 e. The minimum absolute atomic E-state index is 0.0184. The topological polar surface area (TPSA) is 642 Å². The Bertz CT molecular complexity index is 3760. The van der Waals surface area contributed by atoms with Crippen LogP contribution in [0, 0.1) is 6.92 Å². The number of hydrogen-bond donors (Lipinski definition) is 20. The van der Waals surface area contributed by atoms with Crippen LogP contribution in [0.5, 0.6) is 0 Å². The number of H-pyrrole nitrogens is 5. The number of imidazole rings is 4. The highest BCUT2D eigenvalue weighted by Crippen LogP contribution is 2.46. The molecule has 6 heterocycles. The van der Waals surface area contributed by atoms with Crippen molar-refractivity contribution in [3.63, 3.8) is 0 Å². The molecular formula is C64H96N27O20P. The van der Waals surface area contributed by atoms with Gasteiger partial charge in [-0.05, 0) is 6.92 Å². The van der Waals surface area contributed by atoms with Crippen molar-refractivity contribution in [1.82, 2.24) is 139 Å². The molecule has 1 fully saturated rings. The molecule has 1 aliphatic rings. The molecular weight excluding hydrogens is 1500 g/mol. The van der Waals surface area contributed by atoms with E-state index in [1.165, 1.54) is 45.4 Å². The zero-order valence-electron chi connectivity index (χ0n) is 61.7. The van der Waals surface area contributed by atoms with Crippen LogP contribution in [0.25, 0.3) is 0 Å². The van der Waals surface area contributed by atoms with Gasteiger partial charge in [-0.1, -0.05) is 6.92 Å². The van der Waals surface area contributed by atoms with Crippen molar-refractivity contribution < 1.29 is 85.8 Å². The molecule has 14 amide bonds. The molecule has 5 aromatic rings. The lowest BCUT2D eigenvalue weighted by Crippen LogP contribution is -2.49. The number of aromatic amines is 5. The highest BCUT2D eigenvalue weighted by atomic mass is 31.2. The van der Waals surface area contributed by atoms with Crippen molar-refractivity contribution in [2.75, 3.05) is 157 Å². The molecule has 4 atom stereocenters. The molecule has 1 aliphatic heterocycles. The van der Waals surface area contributed by atoms with Gasteiger partial charge in [0.2, 0.25) is 0 Å². The molecule has 0 aliphatic carbocycles. The number of rotatable bonds is 45. The maximum absolute atomic E-state index is 13.2. The first kappa shape index (κ1) is 89.0. The Labute approximate surface area is 639 Å². The second-order valence-corrected chi connectivity index (χ2v) is 26.9. The van der Waals surface area contributed by atoms with Crippen molar-refractivity contribution in [3.05, 3.63) is 105 Å². The molecule has 48 heteroatoms. The number of nitrogens with zero attached hydrogens (tertiary/aromatic N) is 8. The quantitative estimate of drug-likeness (QED) is 0.0127. The molecule has 0 spiro atoms. The van der Waals surface area contributed by atoms with Crippen LogP contribution in [0.15, 0.2) is 65.9 Å². The Hall–Kier alpha value is -11.9. The number of aromatic nitrogens is 10. The van der Waals surface area contributed by atoms with Gasteiger partial charge in [0.1, 0.15) is 12.3 Å². The van der Waals surface area contributed by atoms with Gasteiger partial charge in [0, 0.05) is 248 Å². The van der Waals surface area contributed by atoms with E-state index >= 15 is 0 Å². The van der Waals surface area contributed by atoms with Gasteiger partial charge in [-0.25, -0.2) is 24.7 Å². The summed E-state index contributed by atoms with van der Waals surface area (Å²) < 4.78 is 25.2. The van der Waals surface area contributed by atoms with E-state index in [1.54, 1.807) is 39.5 Å². The Morgan fingerprint density at radius 1 is 0.438 bits per heavy atom. The molecule has 1 saturated heterocycles. The third kappa shape index (κ3) is 33.1. The molecule has 0 saturated carbocycles. The number of aryl methyl sites for hydroxylation is 1. The van der Waals surface area contributed by atoms with Crippen LogP contribution in [0.3, 0.4) is 0 Å². The third-order valence-electron chi connectivity index (χ3n) is 16.6. The van der Waals surface area contributed by atoms with Crippen molar-refractivity contribution in [2.24, 2.45) is 0 Å². The summed E-state index contributed by atoms with van der Waals surface area (Å²) in [6, 6.07) is 0. The smallest absolute Gasteiger partial charge is 0.330 e. The van der Waals surface area contributed by atoms with Crippen molar-refractivity contribution in [1.29, 1.82) is 0 Å². The summed E-state index contributed by atoms with van der Waals surface area (Å²) in [5, 5.41) is 34.7. The van der Waals surface area contributed by atoms with Crippen LogP contribution < -0.4 is 85.7 Å². The lowest BCUT2D eigenvalue weighted by molar-refractivity contribution is -0.139. The number of ether oxygens (including phenoxy) is 1. The van der Waals surface area contributed by atoms with Gasteiger partial charge in [0.15, 0.2) is 0 Å². The highest BCUT2D eigenvalue weighted by molar-refractivity contribution is 7.52. The summed E-state index contributed by atoms with van der Waals surface area (Å²) in [6.45, 7) is 1.47. The molecule has 0 radical (unpaired) electrons. The zero-order valence-corrected chi connectivity index (χ0v) is 62.6.